The monoisotopic (exact) mass is 493 g/mol. The highest BCUT2D eigenvalue weighted by molar-refractivity contribution is 7.81. The van der Waals surface area contributed by atoms with E-state index in [1.807, 2.05) is 28.6 Å². The minimum atomic E-state index is -0.878. The molecular formula is C23H32ClN5O3S. The Morgan fingerprint density at radius 3 is 2.67 bits per heavy atom. The average Bonchev–Trinajstić information content (AvgIpc) is 3.58. The number of hydrogen-bond acceptors (Lipinski definition) is 5. The molecule has 1 atom stereocenters. The molecule has 1 amide bonds. The molecule has 4 rings (SSSR count). The van der Waals surface area contributed by atoms with Crippen LogP contribution in [0.3, 0.4) is 0 Å². The summed E-state index contributed by atoms with van der Waals surface area (Å²) in [5.41, 5.74) is 2.50. The molecule has 1 aromatic carbocycles. The molecule has 2 aromatic rings. The molecule has 0 bridgehead atoms. The Morgan fingerprint density at radius 1 is 1.24 bits per heavy atom. The van der Waals surface area contributed by atoms with Gasteiger partial charge in [0.1, 0.15) is 11.4 Å². The third-order valence-corrected chi connectivity index (χ3v) is 7.54. The molecule has 2 fully saturated rings. The molecule has 2 aliphatic rings. The van der Waals surface area contributed by atoms with E-state index in [0.29, 0.717) is 35.5 Å². The van der Waals surface area contributed by atoms with Crippen LogP contribution in [0.15, 0.2) is 24.3 Å². The maximum atomic E-state index is 12.6. The molecule has 180 valence electrons. The van der Waals surface area contributed by atoms with Crippen LogP contribution in [-0.2, 0) is 24.6 Å². The molecule has 8 nitrogen and oxygen atoms in total. The van der Waals surface area contributed by atoms with Crippen molar-refractivity contribution in [3.8, 4) is 5.75 Å². The van der Waals surface area contributed by atoms with Gasteiger partial charge in [-0.2, -0.15) is 5.10 Å². The number of ether oxygens (including phenoxy) is 1. The lowest BCUT2D eigenvalue weighted by molar-refractivity contribution is 0.0941. The van der Waals surface area contributed by atoms with Crippen molar-refractivity contribution >= 4 is 28.5 Å². The van der Waals surface area contributed by atoms with E-state index in [2.05, 4.69) is 15.3 Å². The number of aryl methyl sites for hydroxylation is 1. The molecule has 1 saturated carbocycles. The number of rotatable bonds is 10. The van der Waals surface area contributed by atoms with Crippen molar-refractivity contribution in [3.05, 3.63) is 46.2 Å². The van der Waals surface area contributed by atoms with Crippen LogP contribution in [0.2, 0.25) is 5.02 Å². The highest BCUT2D eigenvalue weighted by Crippen LogP contribution is 2.39. The maximum absolute atomic E-state index is 12.6. The molecule has 10 heteroatoms. The fourth-order valence-electron chi connectivity index (χ4n) is 4.01. The van der Waals surface area contributed by atoms with Gasteiger partial charge in [0, 0.05) is 58.5 Å². The van der Waals surface area contributed by atoms with Crippen molar-refractivity contribution in [1.82, 2.24) is 24.3 Å². The Hall–Kier alpha value is -1.94. The topological polar surface area (TPSA) is 79.7 Å². The van der Waals surface area contributed by atoms with Gasteiger partial charge >= 0.3 is 0 Å². The van der Waals surface area contributed by atoms with E-state index in [9.17, 15) is 9.00 Å². The van der Waals surface area contributed by atoms with E-state index in [1.54, 1.807) is 18.0 Å². The number of benzene rings is 1. The molecule has 1 unspecified atom stereocenters. The SMILES string of the molecule is Cn1nc(C2CC2)cc1C(=O)NCc1ccc(OCCCN2CCN(S(C)=O)CC2)c(Cl)c1. The van der Waals surface area contributed by atoms with Crippen molar-refractivity contribution in [1.29, 1.82) is 0 Å². The summed E-state index contributed by atoms with van der Waals surface area (Å²) in [6, 6.07) is 7.50. The summed E-state index contributed by atoms with van der Waals surface area (Å²) in [6.45, 7) is 5.47. The van der Waals surface area contributed by atoms with Crippen LogP contribution in [0.4, 0.5) is 0 Å². The molecule has 2 heterocycles. The van der Waals surface area contributed by atoms with E-state index < -0.39 is 11.0 Å². The first kappa shape index (κ1) is 24.2. The van der Waals surface area contributed by atoms with Crippen molar-refractivity contribution in [2.24, 2.45) is 7.05 Å². The molecule has 33 heavy (non-hydrogen) atoms. The van der Waals surface area contributed by atoms with Crippen LogP contribution >= 0.6 is 11.6 Å². The third kappa shape index (κ3) is 6.56. The van der Waals surface area contributed by atoms with Gasteiger partial charge in [-0.05, 0) is 43.0 Å². The number of aromatic nitrogens is 2. The average molecular weight is 494 g/mol. The van der Waals surface area contributed by atoms with E-state index in [1.165, 1.54) is 0 Å². The number of piperazine rings is 1. The van der Waals surface area contributed by atoms with Gasteiger partial charge in [0.15, 0.2) is 0 Å². The second kappa shape index (κ2) is 11.0. The van der Waals surface area contributed by atoms with Gasteiger partial charge < -0.3 is 15.0 Å². The Kier molecular flexibility index (Phi) is 8.06. The van der Waals surface area contributed by atoms with Crippen molar-refractivity contribution in [2.75, 3.05) is 45.6 Å². The van der Waals surface area contributed by atoms with E-state index in [-0.39, 0.29) is 5.91 Å². The number of carbonyl (C=O) groups excluding carboxylic acids is 1. The first-order valence-electron chi connectivity index (χ1n) is 11.4. The van der Waals surface area contributed by atoms with Crippen LogP contribution in [-0.4, -0.2) is 74.7 Å². The quantitative estimate of drug-likeness (QED) is 0.514. The van der Waals surface area contributed by atoms with Crippen LogP contribution in [0, 0.1) is 0 Å². The summed E-state index contributed by atoms with van der Waals surface area (Å²) < 4.78 is 21.0. The summed E-state index contributed by atoms with van der Waals surface area (Å²) >= 11 is 6.41. The molecule has 0 radical (unpaired) electrons. The highest BCUT2D eigenvalue weighted by Gasteiger charge is 2.28. The predicted octanol–water partition coefficient (Wildman–Crippen LogP) is 2.56. The number of nitrogens with one attached hydrogen (secondary N) is 1. The van der Waals surface area contributed by atoms with E-state index in [0.717, 1.165) is 63.2 Å². The van der Waals surface area contributed by atoms with Gasteiger partial charge in [-0.1, -0.05) is 17.7 Å². The van der Waals surface area contributed by atoms with Crippen LogP contribution in [0.5, 0.6) is 5.75 Å². The van der Waals surface area contributed by atoms with Gasteiger partial charge in [0.25, 0.3) is 5.91 Å². The summed E-state index contributed by atoms with van der Waals surface area (Å²) in [4.78, 5) is 14.9. The van der Waals surface area contributed by atoms with Crippen molar-refractivity contribution in [3.63, 3.8) is 0 Å². The van der Waals surface area contributed by atoms with Gasteiger partial charge in [0.05, 0.1) is 28.3 Å². The Bertz CT molecular complexity index is 1000. The van der Waals surface area contributed by atoms with E-state index in [4.69, 9.17) is 16.3 Å². The number of hydrogen-bond donors (Lipinski definition) is 1. The number of amides is 1. The van der Waals surface area contributed by atoms with Gasteiger partial charge in [0.2, 0.25) is 0 Å². The lowest BCUT2D eigenvalue weighted by Crippen LogP contribution is -2.46. The van der Waals surface area contributed by atoms with Crippen LogP contribution in [0.1, 0.15) is 46.9 Å². The maximum Gasteiger partial charge on any atom is 0.269 e. The standard InChI is InChI=1S/C23H32ClN5O3S/c1-27-21(15-20(26-27)18-5-6-18)23(30)25-16-17-4-7-22(19(24)14-17)32-13-3-8-28-9-11-29(12-10-28)33(2)31/h4,7,14-15,18H,3,5-6,8-13,16H2,1-2H3,(H,25,30). The minimum absolute atomic E-state index is 0.139. The zero-order valence-corrected chi connectivity index (χ0v) is 20.8. The van der Waals surface area contributed by atoms with Gasteiger partial charge in [-0.25, -0.2) is 8.51 Å². The zero-order chi connectivity index (χ0) is 23.4. The molecule has 1 saturated heterocycles. The van der Waals surface area contributed by atoms with Gasteiger partial charge in [-0.3, -0.25) is 9.48 Å². The number of nitrogens with zero attached hydrogens (tertiary/aromatic N) is 4. The second-order valence-corrected chi connectivity index (χ2v) is 10.5. The van der Waals surface area contributed by atoms with Crippen LogP contribution in [0.25, 0.3) is 0 Å². The van der Waals surface area contributed by atoms with Gasteiger partial charge in [-0.15, -0.1) is 0 Å². The van der Waals surface area contributed by atoms with Crippen molar-refractivity contribution in [2.45, 2.75) is 31.7 Å². The largest absolute Gasteiger partial charge is 0.492 e. The smallest absolute Gasteiger partial charge is 0.269 e. The lowest BCUT2D eigenvalue weighted by atomic mass is 10.2. The second-order valence-electron chi connectivity index (χ2n) is 8.70. The molecule has 1 N–H and O–H groups in total. The first-order valence-corrected chi connectivity index (χ1v) is 13.3. The predicted molar refractivity (Wildman–Crippen MR) is 130 cm³/mol. The Morgan fingerprint density at radius 2 is 2.00 bits per heavy atom. The van der Waals surface area contributed by atoms with Crippen molar-refractivity contribution < 1.29 is 13.7 Å². The molecular weight excluding hydrogens is 462 g/mol. The normalized spacial score (nSPS) is 18.3. The minimum Gasteiger partial charge on any atom is -0.492 e. The summed E-state index contributed by atoms with van der Waals surface area (Å²) in [7, 11) is 0.925. The Labute approximate surface area is 202 Å². The Balaban J connectivity index is 1.19. The fraction of sp³-hybridized carbons (Fsp3) is 0.565. The number of halogens is 1. The third-order valence-electron chi connectivity index (χ3n) is 6.15. The molecule has 0 spiro atoms. The lowest BCUT2D eigenvalue weighted by Gasteiger charge is -2.32. The molecule has 1 aromatic heterocycles. The summed E-state index contributed by atoms with van der Waals surface area (Å²) in [5, 5.41) is 7.94. The van der Waals surface area contributed by atoms with E-state index >= 15 is 0 Å². The molecule has 1 aliphatic carbocycles. The summed E-state index contributed by atoms with van der Waals surface area (Å²) in [5.74, 6) is 1.03. The fourth-order valence-corrected chi connectivity index (χ4v) is 4.94. The zero-order valence-electron chi connectivity index (χ0n) is 19.3. The summed E-state index contributed by atoms with van der Waals surface area (Å²) in [6.07, 6.45) is 4.95. The molecule has 1 aliphatic heterocycles. The number of carbonyl (C=O) groups is 1. The highest BCUT2D eigenvalue weighted by atomic mass is 35.5. The van der Waals surface area contributed by atoms with Crippen LogP contribution < -0.4 is 10.1 Å². The first-order chi connectivity index (χ1) is 15.9.